The summed E-state index contributed by atoms with van der Waals surface area (Å²) in [6.07, 6.45) is 2.02. The van der Waals surface area contributed by atoms with Crippen molar-refractivity contribution in [3.63, 3.8) is 0 Å². The first kappa shape index (κ1) is 17.2. The fraction of sp³-hybridized carbons (Fsp3) is 0.533. The van der Waals surface area contributed by atoms with Crippen LogP contribution in [0, 0.1) is 0 Å². The number of hydrogen-bond donors (Lipinski definition) is 0. The van der Waals surface area contributed by atoms with E-state index >= 15 is 0 Å². The Balaban J connectivity index is 2.42. The zero-order valence-electron chi connectivity index (χ0n) is 13.2. The van der Waals surface area contributed by atoms with Gasteiger partial charge in [-0.2, -0.15) is 0 Å². The fourth-order valence-corrected chi connectivity index (χ4v) is 5.64. The van der Waals surface area contributed by atoms with E-state index in [1.165, 1.54) is 0 Å². The average Bonchev–Trinajstić information content (AvgIpc) is 2.75. The van der Waals surface area contributed by atoms with Crippen LogP contribution in [0.3, 0.4) is 0 Å². The molecule has 0 saturated carbocycles. The van der Waals surface area contributed by atoms with E-state index < -0.39 is 8.32 Å². The van der Waals surface area contributed by atoms with Crippen LogP contribution < -0.4 is 0 Å². The predicted octanol–water partition coefficient (Wildman–Crippen LogP) is 5.53. The van der Waals surface area contributed by atoms with Gasteiger partial charge in [-0.15, -0.1) is 11.6 Å². The van der Waals surface area contributed by atoms with Gasteiger partial charge in [-0.3, -0.25) is 0 Å². The molecular weight excluding hydrogens is 415 g/mol. The summed E-state index contributed by atoms with van der Waals surface area (Å²) in [7, 11) is -1.84. The van der Waals surface area contributed by atoms with Crippen molar-refractivity contribution >= 4 is 48.2 Å². The molecule has 2 heterocycles. The first-order chi connectivity index (χ1) is 9.67. The minimum absolute atomic E-state index is 0.0466. The van der Waals surface area contributed by atoms with Gasteiger partial charge in [-0.25, -0.2) is 4.98 Å². The molecule has 0 aliphatic carbocycles. The highest BCUT2D eigenvalue weighted by Crippen LogP contribution is 2.42. The van der Waals surface area contributed by atoms with Crippen LogP contribution in [-0.4, -0.2) is 17.7 Å². The van der Waals surface area contributed by atoms with Gasteiger partial charge in [-0.05, 0) is 52.9 Å². The number of imidazole rings is 1. The van der Waals surface area contributed by atoms with E-state index in [9.17, 15) is 0 Å². The number of aromatic nitrogens is 2. The van der Waals surface area contributed by atoms with Gasteiger partial charge in [0.05, 0.1) is 17.3 Å². The van der Waals surface area contributed by atoms with E-state index in [2.05, 4.69) is 65.8 Å². The Bertz CT molecular complexity index is 636. The van der Waals surface area contributed by atoms with Crippen molar-refractivity contribution in [3.8, 4) is 0 Å². The second-order valence-electron chi connectivity index (χ2n) is 6.70. The molecule has 0 spiro atoms. The lowest BCUT2D eigenvalue weighted by Gasteiger charge is -2.37. The molecule has 2 aromatic rings. The molecule has 116 valence electrons. The zero-order chi connectivity index (χ0) is 15.8. The summed E-state index contributed by atoms with van der Waals surface area (Å²) in [6, 6.07) is 5.99. The first-order valence-corrected chi connectivity index (χ1v) is 11.7. The molecule has 0 aromatic carbocycles. The second kappa shape index (κ2) is 6.18. The van der Waals surface area contributed by atoms with E-state index in [-0.39, 0.29) is 9.15 Å². The second-order valence-corrected chi connectivity index (χ2v) is 12.9. The van der Waals surface area contributed by atoms with Crippen LogP contribution in [0.4, 0.5) is 0 Å². The molecule has 21 heavy (non-hydrogen) atoms. The Hall–Kier alpha value is -0.113. The van der Waals surface area contributed by atoms with Crippen LogP contribution in [0.2, 0.25) is 18.1 Å². The van der Waals surface area contributed by atoms with Crippen molar-refractivity contribution in [3.05, 3.63) is 35.8 Å². The van der Waals surface area contributed by atoms with Gasteiger partial charge in [0.25, 0.3) is 0 Å². The number of fused-ring (bicyclic) bond motifs is 1. The Morgan fingerprint density at radius 1 is 1.38 bits per heavy atom. The molecular formula is C15H22ClIN2OSi. The van der Waals surface area contributed by atoms with Crippen LogP contribution in [-0.2, 0) is 10.3 Å². The number of nitrogens with zero attached hydrogens (tertiary/aromatic N) is 2. The summed E-state index contributed by atoms with van der Waals surface area (Å²) in [5, 5.41) is 0.179. The zero-order valence-corrected chi connectivity index (χ0v) is 17.1. The minimum atomic E-state index is -1.84. The third-order valence-corrected chi connectivity index (χ3v) is 10.2. The maximum absolute atomic E-state index is 6.50. The van der Waals surface area contributed by atoms with Crippen molar-refractivity contribution in [2.45, 2.75) is 48.9 Å². The van der Waals surface area contributed by atoms with Crippen LogP contribution in [0.25, 0.3) is 5.65 Å². The molecule has 0 fully saturated rings. The number of alkyl halides is 2. The van der Waals surface area contributed by atoms with Crippen LogP contribution >= 0.6 is 34.2 Å². The summed E-state index contributed by atoms with van der Waals surface area (Å²) < 4.78 is 8.54. The van der Waals surface area contributed by atoms with Gasteiger partial charge in [0.15, 0.2) is 8.32 Å². The summed E-state index contributed by atoms with van der Waals surface area (Å²) in [6.45, 7) is 11.3. The predicted molar refractivity (Wildman–Crippen MR) is 99.8 cm³/mol. The van der Waals surface area contributed by atoms with Gasteiger partial charge in [0.1, 0.15) is 9.76 Å². The lowest BCUT2D eigenvalue weighted by atomic mass is 10.2. The maximum atomic E-state index is 6.50. The normalized spacial score (nSPS) is 14.6. The third-order valence-electron chi connectivity index (χ3n) is 4.19. The summed E-state index contributed by atoms with van der Waals surface area (Å²) in [4.78, 5) is 4.61. The van der Waals surface area contributed by atoms with Crippen molar-refractivity contribution in [1.29, 1.82) is 0 Å². The molecule has 0 N–H and O–H groups in total. The molecule has 0 saturated heterocycles. The lowest BCUT2D eigenvalue weighted by molar-refractivity contribution is 0.274. The van der Waals surface area contributed by atoms with Gasteiger partial charge in [0.2, 0.25) is 0 Å². The van der Waals surface area contributed by atoms with E-state index in [1.54, 1.807) is 0 Å². The molecule has 0 bridgehead atoms. The van der Waals surface area contributed by atoms with E-state index in [1.807, 2.05) is 24.4 Å². The van der Waals surface area contributed by atoms with E-state index in [4.69, 9.17) is 16.0 Å². The molecule has 1 atom stereocenters. The topological polar surface area (TPSA) is 26.5 Å². The largest absolute Gasteiger partial charge is 0.400 e. The number of pyridine rings is 1. The Morgan fingerprint density at radius 2 is 2.05 bits per heavy atom. The molecule has 0 aliphatic heterocycles. The fourth-order valence-electron chi connectivity index (χ4n) is 1.89. The monoisotopic (exact) mass is 436 g/mol. The molecule has 6 heteroatoms. The van der Waals surface area contributed by atoms with Crippen LogP contribution in [0.1, 0.15) is 36.3 Å². The highest BCUT2D eigenvalue weighted by molar-refractivity contribution is 14.1. The van der Waals surface area contributed by atoms with Gasteiger partial charge in [-0.1, -0.05) is 26.8 Å². The molecule has 0 amide bonds. The van der Waals surface area contributed by atoms with Crippen LogP contribution in [0.15, 0.2) is 24.4 Å². The molecule has 0 radical (unpaired) electrons. The minimum Gasteiger partial charge on any atom is -0.400 e. The standard InChI is InChI=1S/C15H22ClIN2OSi/c1-15(2,3)21(4,5)20-14(17)13-11(10-16)18-12-8-6-7-9-19(12)13/h6-9,14H,10H2,1-5H3. The highest BCUT2D eigenvalue weighted by atomic mass is 127. The smallest absolute Gasteiger partial charge is 0.194 e. The first-order valence-electron chi connectivity index (χ1n) is 7.01. The van der Waals surface area contributed by atoms with Crippen molar-refractivity contribution in [2.24, 2.45) is 0 Å². The number of halogens is 2. The Morgan fingerprint density at radius 3 is 2.62 bits per heavy atom. The van der Waals surface area contributed by atoms with Crippen LogP contribution in [0.5, 0.6) is 0 Å². The molecule has 2 rings (SSSR count). The number of hydrogen-bond acceptors (Lipinski definition) is 2. The molecule has 2 aromatic heterocycles. The van der Waals surface area contributed by atoms with Crippen molar-refractivity contribution in [2.75, 3.05) is 0 Å². The highest BCUT2D eigenvalue weighted by Gasteiger charge is 2.39. The summed E-state index contributed by atoms with van der Waals surface area (Å²) in [5.41, 5.74) is 2.88. The summed E-state index contributed by atoms with van der Waals surface area (Å²) >= 11 is 8.44. The van der Waals surface area contributed by atoms with E-state index in [0.29, 0.717) is 5.88 Å². The Labute approximate surface area is 146 Å². The lowest BCUT2D eigenvalue weighted by Crippen LogP contribution is -2.41. The van der Waals surface area contributed by atoms with Crippen molar-refractivity contribution < 1.29 is 4.43 Å². The SMILES string of the molecule is CC(C)(C)[Si](C)(C)OC(I)c1c(CCl)nc2ccccn12. The quantitative estimate of drug-likeness (QED) is 0.358. The third kappa shape index (κ3) is 3.46. The Kier molecular flexibility index (Phi) is 5.07. The van der Waals surface area contributed by atoms with E-state index in [0.717, 1.165) is 17.0 Å². The molecule has 0 aliphatic rings. The van der Waals surface area contributed by atoms with Gasteiger partial charge >= 0.3 is 0 Å². The van der Waals surface area contributed by atoms with Crippen molar-refractivity contribution in [1.82, 2.24) is 9.38 Å². The average molecular weight is 437 g/mol. The van der Waals surface area contributed by atoms with Gasteiger partial charge < -0.3 is 8.83 Å². The summed E-state index contributed by atoms with van der Waals surface area (Å²) in [5.74, 6) is 0.400. The maximum Gasteiger partial charge on any atom is 0.194 e. The number of rotatable bonds is 4. The molecule has 1 unspecified atom stereocenters. The van der Waals surface area contributed by atoms with Gasteiger partial charge in [0, 0.05) is 6.20 Å². The molecule has 3 nitrogen and oxygen atoms in total.